The summed E-state index contributed by atoms with van der Waals surface area (Å²) in [5, 5.41) is 10.7. The van der Waals surface area contributed by atoms with Crippen LogP contribution in [0.25, 0.3) is 5.65 Å². The van der Waals surface area contributed by atoms with E-state index in [1.54, 1.807) is 25.7 Å². The molecule has 0 radical (unpaired) electrons. The Morgan fingerprint density at radius 3 is 2.66 bits per heavy atom. The molecule has 0 spiro atoms. The molecular weight excluding hydrogens is 427 g/mol. The molecule has 3 heterocycles. The average molecular weight is 455 g/mol. The molecule has 1 fully saturated rings. The Morgan fingerprint density at radius 1 is 1.22 bits per heavy atom. The van der Waals surface area contributed by atoms with Crippen molar-refractivity contribution in [3.63, 3.8) is 0 Å². The highest BCUT2D eigenvalue weighted by Crippen LogP contribution is 2.31. The molecule has 1 aliphatic heterocycles. The number of ether oxygens (including phenoxy) is 1. The summed E-state index contributed by atoms with van der Waals surface area (Å²) in [5.41, 5.74) is -1.02. The van der Waals surface area contributed by atoms with Crippen LogP contribution in [0.5, 0.6) is 0 Å². The summed E-state index contributed by atoms with van der Waals surface area (Å²) in [6, 6.07) is 2.28. The number of aromatic nitrogens is 3. The predicted molar refractivity (Wildman–Crippen MR) is 110 cm³/mol. The standard InChI is InChI=1S/C21H28F3N5O3/c1-20(2,3)32-19(31)25-10-4-7-17(30)28-11-5-6-14(12-28)18-27-26-16-9-8-15(13-29(16)18)21(22,23)24/h8-9,13-14H,4-7,10-12H2,1-3H3,(H,25,31). The predicted octanol–water partition coefficient (Wildman–Crippen LogP) is 3.76. The summed E-state index contributed by atoms with van der Waals surface area (Å²) in [6.07, 6.45) is -1.84. The van der Waals surface area contributed by atoms with Crippen LogP contribution in [-0.2, 0) is 15.7 Å². The number of piperidine rings is 1. The van der Waals surface area contributed by atoms with E-state index in [0.717, 1.165) is 18.7 Å². The third-order valence-electron chi connectivity index (χ3n) is 5.13. The summed E-state index contributed by atoms with van der Waals surface area (Å²) in [4.78, 5) is 26.0. The van der Waals surface area contributed by atoms with Crippen LogP contribution in [0.1, 0.15) is 63.8 Å². The zero-order valence-electron chi connectivity index (χ0n) is 18.4. The Bertz CT molecular complexity index is 968. The van der Waals surface area contributed by atoms with Gasteiger partial charge >= 0.3 is 12.3 Å². The van der Waals surface area contributed by atoms with Gasteiger partial charge < -0.3 is 15.0 Å². The van der Waals surface area contributed by atoms with Gasteiger partial charge in [-0.05, 0) is 52.2 Å². The van der Waals surface area contributed by atoms with Gasteiger partial charge in [0.15, 0.2) is 5.65 Å². The lowest BCUT2D eigenvalue weighted by molar-refractivity contribution is -0.137. The molecule has 2 aromatic rings. The first-order valence-electron chi connectivity index (χ1n) is 10.6. The van der Waals surface area contributed by atoms with E-state index < -0.39 is 23.4 Å². The fourth-order valence-electron chi connectivity index (χ4n) is 3.67. The molecule has 1 unspecified atom stereocenters. The summed E-state index contributed by atoms with van der Waals surface area (Å²) in [5.74, 6) is 0.159. The Labute approximate surface area is 184 Å². The van der Waals surface area contributed by atoms with E-state index in [2.05, 4.69) is 15.5 Å². The number of amides is 2. The maximum Gasteiger partial charge on any atom is 0.417 e. The number of carbonyl (C=O) groups is 2. The van der Waals surface area contributed by atoms with E-state index in [-0.39, 0.29) is 18.2 Å². The number of alkyl carbamates (subject to hydrolysis) is 1. The highest BCUT2D eigenvalue weighted by atomic mass is 19.4. The van der Waals surface area contributed by atoms with Crippen LogP contribution in [0, 0.1) is 0 Å². The summed E-state index contributed by atoms with van der Waals surface area (Å²) >= 11 is 0. The topological polar surface area (TPSA) is 88.8 Å². The van der Waals surface area contributed by atoms with E-state index in [1.807, 2.05) is 0 Å². The normalized spacial score (nSPS) is 17.4. The van der Waals surface area contributed by atoms with Crippen molar-refractivity contribution in [2.24, 2.45) is 0 Å². The largest absolute Gasteiger partial charge is 0.444 e. The second kappa shape index (κ2) is 9.33. The molecule has 0 saturated carbocycles. The summed E-state index contributed by atoms with van der Waals surface area (Å²) in [6.45, 7) is 6.57. The number of hydrogen-bond acceptors (Lipinski definition) is 5. The second-order valence-corrected chi connectivity index (χ2v) is 8.91. The molecule has 3 rings (SSSR count). The van der Waals surface area contributed by atoms with E-state index in [4.69, 9.17) is 4.74 Å². The molecule has 32 heavy (non-hydrogen) atoms. The second-order valence-electron chi connectivity index (χ2n) is 8.91. The molecule has 1 N–H and O–H groups in total. The molecule has 0 aliphatic carbocycles. The lowest BCUT2D eigenvalue weighted by Crippen LogP contribution is -2.40. The van der Waals surface area contributed by atoms with E-state index >= 15 is 0 Å². The minimum Gasteiger partial charge on any atom is -0.444 e. The molecule has 1 aliphatic rings. The Hall–Kier alpha value is -2.85. The van der Waals surface area contributed by atoms with E-state index in [0.29, 0.717) is 43.9 Å². The molecular formula is C21H28F3N5O3. The number of alkyl halides is 3. The summed E-state index contributed by atoms with van der Waals surface area (Å²) in [7, 11) is 0. The van der Waals surface area contributed by atoms with Crippen LogP contribution in [0.2, 0.25) is 0 Å². The van der Waals surface area contributed by atoms with Gasteiger partial charge in [-0.3, -0.25) is 9.20 Å². The van der Waals surface area contributed by atoms with Gasteiger partial charge in [-0.25, -0.2) is 4.79 Å². The van der Waals surface area contributed by atoms with Crippen molar-refractivity contribution in [2.75, 3.05) is 19.6 Å². The molecule has 11 heteroatoms. The quantitative estimate of drug-likeness (QED) is 0.694. The first kappa shape index (κ1) is 23.8. The maximum atomic E-state index is 13.1. The van der Waals surface area contributed by atoms with Crippen LogP contribution in [0.4, 0.5) is 18.0 Å². The van der Waals surface area contributed by atoms with Crippen LogP contribution in [-0.4, -0.2) is 56.7 Å². The Morgan fingerprint density at radius 2 is 1.97 bits per heavy atom. The minimum absolute atomic E-state index is 0.0644. The third kappa shape index (κ3) is 6.10. The molecule has 0 aromatic carbocycles. The molecule has 1 saturated heterocycles. The number of fused-ring (bicyclic) bond motifs is 1. The lowest BCUT2D eigenvalue weighted by atomic mass is 9.96. The molecule has 0 bridgehead atoms. The molecule has 2 aromatic heterocycles. The third-order valence-corrected chi connectivity index (χ3v) is 5.13. The fraction of sp³-hybridized carbons (Fsp3) is 0.619. The Balaban J connectivity index is 1.57. The van der Waals surface area contributed by atoms with Crippen LogP contribution in [0.3, 0.4) is 0 Å². The zero-order chi connectivity index (χ0) is 23.5. The number of pyridine rings is 1. The van der Waals surface area contributed by atoms with Crippen LogP contribution < -0.4 is 5.32 Å². The number of hydrogen-bond donors (Lipinski definition) is 1. The first-order chi connectivity index (χ1) is 14.9. The molecule has 2 amide bonds. The minimum atomic E-state index is -4.46. The van der Waals surface area contributed by atoms with Crippen molar-refractivity contribution in [1.82, 2.24) is 24.8 Å². The Kier molecular flexibility index (Phi) is 6.94. The smallest absolute Gasteiger partial charge is 0.417 e. The SMILES string of the molecule is CC(C)(C)OC(=O)NCCCC(=O)N1CCCC(c2nnc3ccc(C(F)(F)F)cn23)C1. The van der Waals surface area contributed by atoms with Gasteiger partial charge in [-0.2, -0.15) is 13.2 Å². The van der Waals surface area contributed by atoms with Gasteiger partial charge in [0.05, 0.1) is 5.56 Å². The maximum absolute atomic E-state index is 13.1. The van der Waals surface area contributed by atoms with E-state index in [1.165, 1.54) is 10.5 Å². The highest BCUT2D eigenvalue weighted by molar-refractivity contribution is 5.76. The average Bonchev–Trinajstić information content (AvgIpc) is 3.12. The number of rotatable bonds is 5. The van der Waals surface area contributed by atoms with Crippen molar-refractivity contribution in [3.8, 4) is 0 Å². The van der Waals surface area contributed by atoms with Gasteiger partial charge in [0, 0.05) is 38.2 Å². The summed E-state index contributed by atoms with van der Waals surface area (Å²) < 4.78 is 45.8. The molecule has 1 atom stereocenters. The van der Waals surface area contributed by atoms with Crippen LogP contribution >= 0.6 is 0 Å². The molecule has 176 valence electrons. The zero-order valence-corrected chi connectivity index (χ0v) is 18.4. The highest BCUT2D eigenvalue weighted by Gasteiger charge is 2.32. The first-order valence-corrected chi connectivity index (χ1v) is 10.6. The van der Waals surface area contributed by atoms with Crippen LogP contribution in [0.15, 0.2) is 18.3 Å². The van der Waals surface area contributed by atoms with Crippen molar-refractivity contribution in [3.05, 3.63) is 29.7 Å². The number of nitrogens with zero attached hydrogens (tertiary/aromatic N) is 4. The number of carbonyl (C=O) groups excluding carboxylic acids is 2. The van der Waals surface area contributed by atoms with Crippen molar-refractivity contribution in [2.45, 2.75) is 64.1 Å². The number of likely N-dealkylation sites (tertiary alicyclic amines) is 1. The van der Waals surface area contributed by atoms with Gasteiger partial charge in [0.2, 0.25) is 5.91 Å². The van der Waals surface area contributed by atoms with Gasteiger partial charge in [-0.1, -0.05) is 0 Å². The number of nitrogens with one attached hydrogen (secondary N) is 1. The van der Waals surface area contributed by atoms with Gasteiger partial charge in [-0.15, -0.1) is 10.2 Å². The van der Waals surface area contributed by atoms with Gasteiger partial charge in [0.1, 0.15) is 11.4 Å². The van der Waals surface area contributed by atoms with Crippen molar-refractivity contribution in [1.29, 1.82) is 0 Å². The lowest BCUT2D eigenvalue weighted by Gasteiger charge is -2.32. The fourth-order valence-corrected chi connectivity index (χ4v) is 3.67. The van der Waals surface area contributed by atoms with Crippen molar-refractivity contribution < 1.29 is 27.5 Å². The van der Waals surface area contributed by atoms with Crippen molar-refractivity contribution >= 4 is 17.6 Å². The number of halogens is 3. The monoisotopic (exact) mass is 455 g/mol. The van der Waals surface area contributed by atoms with Gasteiger partial charge in [0.25, 0.3) is 0 Å². The van der Waals surface area contributed by atoms with E-state index in [9.17, 15) is 22.8 Å². The molecule has 8 nitrogen and oxygen atoms in total.